The fourth-order valence-corrected chi connectivity index (χ4v) is 4.83. The average molecular weight is 449 g/mol. The summed E-state index contributed by atoms with van der Waals surface area (Å²) < 4.78 is 0. The molecule has 4 rings (SSSR count). The van der Waals surface area contributed by atoms with Gasteiger partial charge in [0.2, 0.25) is 11.8 Å². The number of carbonyl (C=O) groups excluding carboxylic acids is 2. The van der Waals surface area contributed by atoms with Gasteiger partial charge in [-0.25, -0.2) is 0 Å². The van der Waals surface area contributed by atoms with Gasteiger partial charge in [0.25, 0.3) is 0 Å². The maximum atomic E-state index is 13.6. The monoisotopic (exact) mass is 448 g/mol. The van der Waals surface area contributed by atoms with E-state index in [2.05, 4.69) is 46.3 Å². The van der Waals surface area contributed by atoms with Crippen molar-refractivity contribution in [3.05, 3.63) is 65.2 Å². The number of hydrogen-bond acceptors (Lipinski definition) is 4. The third-order valence-corrected chi connectivity index (χ3v) is 7.00. The van der Waals surface area contributed by atoms with E-state index in [4.69, 9.17) is 0 Å². The lowest BCUT2D eigenvalue weighted by Gasteiger charge is -2.40. The number of anilines is 1. The van der Waals surface area contributed by atoms with Crippen LogP contribution >= 0.6 is 0 Å². The summed E-state index contributed by atoms with van der Waals surface area (Å²) in [4.78, 5) is 32.6. The van der Waals surface area contributed by atoms with E-state index in [1.165, 1.54) is 5.56 Å². The fourth-order valence-electron chi connectivity index (χ4n) is 4.83. The van der Waals surface area contributed by atoms with E-state index in [1.54, 1.807) is 0 Å². The van der Waals surface area contributed by atoms with Crippen molar-refractivity contribution in [1.82, 2.24) is 15.1 Å². The fraction of sp³-hybridized carbons (Fsp3) is 0.481. The summed E-state index contributed by atoms with van der Waals surface area (Å²) in [6, 6.07) is 16.0. The van der Waals surface area contributed by atoms with Gasteiger partial charge >= 0.3 is 0 Å². The van der Waals surface area contributed by atoms with Gasteiger partial charge in [-0.3, -0.25) is 14.5 Å². The molecule has 176 valence electrons. The molecule has 0 aromatic heterocycles. The summed E-state index contributed by atoms with van der Waals surface area (Å²) in [5, 5.41) is 3.04. The summed E-state index contributed by atoms with van der Waals surface area (Å²) in [5.74, 6) is 0.763. The topological polar surface area (TPSA) is 55.9 Å². The minimum absolute atomic E-state index is 0.0452. The molecule has 1 saturated heterocycles. The first-order valence-electron chi connectivity index (χ1n) is 12.1. The third-order valence-electron chi connectivity index (χ3n) is 7.00. The van der Waals surface area contributed by atoms with Crippen LogP contribution in [0.25, 0.3) is 0 Å². The molecule has 33 heavy (non-hydrogen) atoms. The Labute approximate surface area is 197 Å². The van der Waals surface area contributed by atoms with Gasteiger partial charge in [-0.2, -0.15) is 0 Å². The van der Waals surface area contributed by atoms with Gasteiger partial charge in [0, 0.05) is 46.0 Å². The molecule has 6 heteroatoms. The second-order valence-electron chi connectivity index (χ2n) is 9.67. The molecular weight excluding hydrogens is 412 g/mol. The Morgan fingerprint density at radius 2 is 1.70 bits per heavy atom. The number of nitrogens with zero attached hydrogens (tertiary/aromatic N) is 3. The number of benzene rings is 2. The minimum atomic E-state index is -0.381. The molecule has 2 aromatic rings. The third kappa shape index (κ3) is 5.56. The van der Waals surface area contributed by atoms with Crippen molar-refractivity contribution in [2.24, 2.45) is 5.92 Å². The Hall–Kier alpha value is -2.86. The van der Waals surface area contributed by atoms with Crippen LogP contribution in [0, 0.1) is 5.92 Å². The van der Waals surface area contributed by atoms with E-state index in [0.717, 1.165) is 49.2 Å². The second-order valence-corrected chi connectivity index (χ2v) is 9.67. The normalized spacial score (nSPS) is 19.1. The Morgan fingerprint density at radius 1 is 1.00 bits per heavy atom. The predicted octanol–water partition coefficient (Wildman–Crippen LogP) is 3.23. The molecule has 1 N–H and O–H groups in total. The molecule has 0 saturated carbocycles. The number of rotatable bonds is 6. The van der Waals surface area contributed by atoms with E-state index >= 15 is 0 Å². The average Bonchev–Trinajstić information content (AvgIpc) is 2.83. The Bertz CT molecular complexity index is 964. The SMILES string of the molecule is CC1CCN(C(=O)[C@H]2c3ccccc3CCN2CC(=O)NCc2ccc(N(C)C)cc2)CC1. The van der Waals surface area contributed by atoms with Crippen LogP contribution in [-0.2, 0) is 22.6 Å². The zero-order valence-electron chi connectivity index (χ0n) is 20.1. The van der Waals surface area contributed by atoms with E-state index in [9.17, 15) is 9.59 Å². The van der Waals surface area contributed by atoms with Crippen LogP contribution < -0.4 is 10.2 Å². The van der Waals surface area contributed by atoms with Crippen LogP contribution in [-0.4, -0.2) is 61.9 Å². The molecule has 0 spiro atoms. The molecule has 2 amide bonds. The zero-order valence-corrected chi connectivity index (χ0v) is 20.1. The first kappa shape index (κ1) is 23.3. The van der Waals surface area contributed by atoms with Gasteiger partial charge in [-0.05, 0) is 54.0 Å². The highest BCUT2D eigenvalue weighted by molar-refractivity contribution is 5.85. The Kier molecular flexibility index (Phi) is 7.33. The summed E-state index contributed by atoms with van der Waals surface area (Å²) in [7, 11) is 4.02. The number of fused-ring (bicyclic) bond motifs is 1. The molecular formula is C27H36N4O2. The van der Waals surface area contributed by atoms with E-state index in [0.29, 0.717) is 19.0 Å². The number of hydrogen-bond donors (Lipinski definition) is 1. The molecule has 1 atom stereocenters. The van der Waals surface area contributed by atoms with Crippen molar-refractivity contribution in [3.63, 3.8) is 0 Å². The van der Waals surface area contributed by atoms with E-state index in [-0.39, 0.29) is 24.4 Å². The van der Waals surface area contributed by atoms with Gasteiger partial charge in [0.15, 0.2) is 0 Å². The van der Waals surface area contributed by atoms with Gasteiger partial charge < -0.3 is 15.1 Å². The maximum Gasteiger partial charge on any atom is 0.244 e. The molecule has 0 aliphatic carbocycles. The first-order valence-corrected chi connectivity index (χ1v) is 12.1. The lowest BCUT2D eigenvalue weighted by molar-refractivity contribution is -0.140. The number of nitrogens with one attached hydrogen (secondary N) is 1. The summed E-state index contributed by atoms with van der Waals surface area (Å²) in [5.41, 5.74) is 4.47. The highest BCUT2D eigenvalue weighted by Crippen LogP contribution is 2.32. The van der Waals surface area contributed by atoms with Crippen LogP contribution in [0.4, 0.5) is 5.69 Å². The van der Waals surface area contributed by atoms with Gasteiger partial charge in [0.1, 0.15) is 6.04 Å². The maximum absolute atomic E-state index is 13.6. The van der Waals surface area contributed by atoms with Crippen LogP contribution in [0.5, 0.6) is 0 Å². The van der Waals surface area contributed by atoms with Crippen molar-refractivity contribution < 1.29 is 9.59 Å². The minimum Gasteiger partial charge on any atom is -0.378 e. The smallest absolute Gasteiger partial charge is 0.244 e. The standard InChI is InChI=1S/C27H36N4O2/c1-20-12-15-30(16-13-20)27(33)26-24-7-5-4-6-22(24)14-17-31(26)19-25(32)28-18-21-8-10-23(11-9-21)29(2)3/h4-11,20,26H,12-19H2,1-3H3,(H,28,32)/t26-/m1/s1. The summed E-state index contributed by atoms with van der Waals surface area (Å²) in [6.45, 7) is 5.29. The highest BCUT2D eigenvalue weighted by Gasteiger charge is 2.37. The number of carbonyl (C=O) groups is 2. The molecule has 2 aliphatic heterocycles. The largest absolute Gasteiger partial charge is 0.378 e. The lowest BCUT2D eigenvalue weighted by atomic mass is 9.90. The van der Waals surface area contributed by atoms with E-state index in [1.807, 2.05) is 43.3 Å². The number of likely N-dealkylation sites (tertiary alicyclic amines) is 1. The second kappa shape index (κ2) is 10.4. The van der Waals surface area contributed by atoms with Crippen molar-refractivity contribution in [1.29, 1.82) is 0 Å². The molecule has 6 nitrogen and oxygen atoms in total. The van der Waals surface area contributed by atoms with Crippen LogP contribution in [0.1, 0.15) is 42.5 Å². The van der Waals surface area contributed by atoms with Gasteiger partial charge in [-0.1, -0.05) is 43.3 Å². The summed E-state index contributed by atoms with van der Waals surface area (Å²) >= 11 is 0. The van der Waals surface area contributed by atoms with Crippen molar-refractivity contribution >= 4 is 17.5 Å². The Morgan fingerprint density at radius 3 is 2.39 bits per heavy atom. The molecule has 2 heterocycles. The van der Waals surface area contributed by atoms with E-state index < -0.39 is 0 Å². The molecule has 0 unspecified atom stereocenters. The lowest BCUT2D eigenvalue weighted by Crippen LogP contribution is -2.50. The molecule has 1 fully saturated rings. The summed E-state index contributed by atoms with van der Waals surface area (Å²) in [6.07, 6.45) is 2.96. The number of piperidine rings is 1. The van der Waals surface area contributed by atoms with Crippen LogP contribution in [0.2, 0.25) is 0 Å². The molecule has 0 bridgehead atoms. The van der Waals surface area contributed by atoms with Gasteiger partial charge in [0.05, 0.1) is 6.54 Å². The molecule has 2 aliphatic rings. The molecule has 2 aromatic carbocycles. The highest BCUT2D eigenvalue weighted by atomic mass is 16.2. The Balaban J connectivity index is 1.43. The quantitative estimate of drug-likeness (QED) is 0.737. The predicted molar refractivity (Wildman–Crippen MR) is 132 cm³/mol. The first-order chi connectivity index (χ1) is 15.9. The van der Waals surface area contributed by atoms with Crippen molar-refractivity contribution in [3.8, 4) is 0 Å². The van der Waals surface area contributed by atoms with Crippen LogP contribution in [0.3, 0.4) is 0 Å². The molecule has 0 radical (unpaired) electrons. The van der Waals surface area contributed by atoms with Crippen molar-refractivity contribution in [2.75, 3.05) is 45.2 Å². The van der Waals surface area contributed by atoms with Gasteiger partial charge in [-0.15, -0.1) is 0 Å². The number of amides is 2. The van der Waals surface area contributed by atoms with Crippen molar-refractivity contribution in [2.45, 2.75) is 38.8 Å². The van der Waals surface area contributed by atoms with Crippen LogP contribution in [0.15, 0.2) is 48.5 Å². The zero-order chi connectivity index (χ0) is 23.4.